The average Bonchev–Trinajstić information content (AvgIpc) is 3.03. The first-order valence-electron chi connectivity index (χ1n) is 9.17. The minimum Gasteiger partial charge on any atom is -0.458 e. The SMILES string of the molecule is C=C1C(=O)O[C@@H]2[C@@H]1[C@H](OC(=O)O[C@](C)(O)CCl)CC(=C)[C@H]1C[C@@H](O)[C@@](O)(CCl)[C@@H]21. The Hall–Kier alpha value is -1.32. The van der Waals surface area contributed by atoms with Gasteiger partial charge in [0.05, 0.1) is 23.8 Å². The highest BCUT2D eigenvalue weighted by atomic mass is 35.5. The van der Waals surface area contributed by atoms with Gasteiger partial charge in [0.2, 0.25) is 5.79 Å². The van der Waals surface area contributed by atoms with E-state index in [1.165, 1.54) is 6.92 Å². The van der Waals surface area contributed by atoms with Crippen molar-refractivity contribution in [2.24, 2.45) is 17.8 Å². The fourth-order valence-electron chi connectivity index (χ4n) is 4.62. The van der Waals surface area contributed by atoms with Crippen LogP contribution in [0.15, 0.2) is 24.3 Å². The van der Waals surface area contributed by atoms with Crippen LogP contribution in [0.25, 0.3) is 0 Å². The molecule has 0 aromatic rings. The van der Waals surface area contributed by atoms with Gasteiger partial charge in [0, 0.05) is 24.8 Å². The van der Waals surface area contributed by atoms with Crippen molar-refractivity contribution in [1.29, 1.82) is 0 Å². The number of alkyl halides is 2. The molecule has 3 fully saturated rings. The number of hydrogen-bond donors (Lipinski definition) is 3. The van der Waals surface area contributed by atoms with Gasteiger partial charge in [-0.15, -0.1) is 23.2 Å². The number of carbonyl (C=O) groups excluding carboxylic acids is 2. The van der Waals surface area contributed by atoms with E-state index in [1.54, 1.807) is 0 Å². The van der Waals surface area contributed by atoms with E-state index in [1.807, 2.05) is 0 Å². The zero-order valence-electron chi connectivity index (χ0n) is 15.8. The molecule has 0 spiro atoms. The molecule has 1 aliphatic heterocycles. The molecule has 2 aliphatic carbocycles. The van der Waals surface area contributed by atoms with Crippen molar-refractivity contribution >= 4 is 35.3 Å². The first-order chi connectivity index (χ1) is 13.4. The lowest BCUT2D eigenvalue weighted by Crippen LogP contribution is -2.52. The van der Waals surface area contributed by atoms with Crippen LogP contribution in [0.1, 0.15) is 19.8 Å². The molecule has 10 heteroatoms. The maximum atomic E-state index is 12.3. The van der Waals surface area contributed by atoms with Crippen LogP contribution in [0.3, 0.4) is 0 Å². The number of aliphatic hydroxyl groups is 3. The number of carbonyl (C=O) groups is 2. The molecule has 0 amide bonds. The van der Waals surface area contributed by atoms with Crippen molar-refractivity contribution in [3.8, 4) is 0 Å². The normalized spacial score (nSPS) is 41.1. The number of hydrogen-bond acceptors (Lipinski definition) is 8. The molecule has 2 saturated carbocycles. The smallest absolute Gasteiger partial charge is 0.458 e. The fraction of sp³-hybridized carbons (Fsp3) is 0.684. The Morgan fingerprint density at radius 1 is 1.41 bits per heavy atom. The summed E-state index contributed by atoms with van der Waals surface area (Å²) in [5, 5.41) is 31.3. The van der Waals surface area contributed by atoms with E-state index in [0.717, 1.165) is 0 Å². The highest BCUT2D eigenvalue weighted by Crippen LogP contribution is 2.55. The second kappa shape index (κ2) is 7.74. The maximum Gasteiger partial charge on any atom is 0.511 e. The van der Waals surface area contributed by atoms with Gasteiger partial charge < -0.3 is 29.5 Å². The van der Waals surface area contributed by atoms with E-state index < -0.39 is 59.6 Å². The maximum absolute atomic E-state index is 12.3. The first kappa shape index (κ1) is 22.4. The Balaban J connectivity index is 1.94. The van der Waals surface area contributed by atoms with E-state index in [2.05, 4.69) is 13.2 Å². The van der Waals surface area contributed by atoms with Crippen LogP contribution < -0.4 is 0 Å². The van der Waals surface area contributed by atoms with E-state index in [0.29, 0.717) is 5.57 Å². The van der Waals surface area contributed by atoms with Gasteiger partial charge in [-0.2, -0.15) is 0 Å². The molecule has 0 unspecified atom stereocenters. The number of esters is 1. The lowest BCUT2D eigenvalue weighted by Gasteiger charge is -2.37. The highest BCUT2D eigenvalue weighted by molar-refractivity contribution is 6.18. The third-order valence-corrected chi connectivity index (χ3v) is 7.01. The second-order valence-electron chi connectivity index (χ2n) is 8.11. The van der Waals surface area contributed by atoms with Gasteiger partial charge in [-0.3, -0.25) is 0 Å². The summed E-state index contributed by atoms with van der Waals surface area (Å²) in [4.78, 5) is 24.5. The van der Waals surface area contributed by atoms with Gasteiger partial charge in [-0.25, -0.2) is 9.59 Å². The van der Waals surface area contributed by atoms with Gasteiger partial charge in [0.1, 0.15) is 17.8 Å². The zero-order chi connectivity index (χ0) is 21.7. The molecule has 0 aromatic carbocycles. The molecular weight excluding hydrogens is 427 g/mol. The number of ether oxygens (including phenoxy) is 3. The van der Waals surface area contributed by atoms with Gasteiger partial charge in [-0.1, -0.05) is 18.7 Å². The quantitative estimate of drug-likeness (QED) is 0.193. The van der Waals surface area contributed by atoms with Crippen LogP contribution in [0.2, 0.25) is 0 Å². The van der Waals surface area contributed by atoms with Crippen LogP contribution in [-0.2, 0) is 19.0 Å². The van der Waals surface area contributed by atoms with Gasteiger partial charge in [0.25, 0.3) is 0 Å². The standard InChI is InChI=1S/C19H24Cl2O8/c1-8-4-11(27-17(24)29-18(3,25)6-20)13-9(2)16(23)28-15(13)14-10(8)5-12(22)19(14,26)7-21/h10-15,22,25-26H,1-2,4-7H2,3H3/t10-,11-,12-,13+,14-,15-,18+,19+/m1/s1. The molecule has 8 nitrogen and oxygen atoms in total. The lowest BCUT2D eigenvalue weighted by molar-refractivity contribution is -0.158. The minimum atomic E-state index is -1.93. The van der Waals surface area contributed by atoms with Crippen LogP contribution in [-0.4, -0.2) is 68.9 Å². The first-order valence-corrected chi connectivity index (χ1v) is 10.2. The van der Waals surface area contributed by atoms with E-state index in [-0.39, 0.29) is 30.2 Å². The molecule has 162 valence electrons. The van der Waals surface area contributed by atoms with Crippen molar-refractivity contribution in [3.05, 3.63) is 24.3 Å². The van der Waals surface area contributed by atoms with Crippen molar-refractivity contribution in [3.63, 3.8) is 0 Å². The predicted octanol–water partition coefficient (Wildman–Crippen LogP) is 1.48. The van der Waals surface area contributed by atoms with Gasteiger partial charge in [0.15, 0.2) is 0 Å². The molecule has 1 heterocycles. The summed E-state index contributed by atoms with van der Waals surface area (Å²) in [7, 11) is 0. The summed E-state index contributed by atoms with van der Waals surface area (Å²) in [6.45, 7) is 8.99. The number of fused-ring (bicyclic) bond motifs is 3. The summed E-state index contributed by atoms with van der Waals surface area (Å²) in [6, 6.07) is 0. The molecule has 0 radical (unpaired) electrons. The van der Waals surface area contributed by atoms with Crippen molar-refractivity contribution < 1.29 is 39.1 Å². The molecule has 0 bridgehead atoms. The Labute approximate surface area is 178 Å². The van der Waals surface area contributed by atoms with Crippen molar-refractivity contribution in [1.82, 2.24) is 0 Å². The largest absolute Gasteiger partial charge is 0.511 e. The van der Waals surface area contributed by atoms with Crippen molar-refractivity contribution in [2.75, 3.05) is 11.8 Å². The summed E-state index contributed by atoms with van der Waals surface area (Å²) >= 11 is 11.5. The van der Waals surface area contributed by atoms with Gasteiger partial charge >= 0.3 is 12.1 Å². The third kappa shape index (κ3) is 3.77. The molecule has 0 aromatic heterocycles. The molecule has 1 saturated heterocycles. The summed E-state index contributed by atoms with van der Waals surface area (Å²) < 4.78 is 15.7. The Morgan fingerprint density at radius 2 is 2.07 bits per heavy atom. The molecule has 3 N–H and O–H groups in total. The topological polar surface area (TPSA) is 123 Å². The van der Waals surface area contributed by atoms with Crippen LogP contribution in [0, 0.1) is 17.8 Å². The molecule has 3 rings (SSSR count). The van der Waals surface area contributed by atoms with Crippen LogP contribution in [0.5, 0.6) is 0 Å². The summed E-state index contributed by atoms with van der Waals surface area (Å²) in [5.74, 6) is -5.21. The summed E-state index contributed by atoms with van der Waals surface area (Å²) in [6.07, 6.45) is -3.86. The zero-order valence-corrected chi connectivity index (χ0v) is 17.4. The van der Waals surface area contributed by atoms with E-state index in [9.17, 15) is 24.9 Å². The number of halogens is 2. The minimum absolute atomic E-state index is 0.0728. The Morgan fingerprint density at radius 3 is 2.66 bits per heavy atom. The third-order valence-electron chi connectivity index (χ3n) is 6.08. The lowest BCUT2D eigenvalue weighted by atomic mass is 9.76. The molecule has 3 aliphatic rings. The second-order valence-corrected chi connectivity index (χ2v) is 8.64. The van der Waals surface area contributed by atoms with Crippen molar-refractivity contribution in [2.45, 2.75) is 49.5 Å². The monoisotopic (exact) mass is 450 g/mol. The predicted molar refractivity (Wildman–Crippen MR) is 102 cm³/mol. The van der Waals surface area contributed by atoms with Gasteiger partial charge in [-0.05, 0) is 12.3 Å². The number of aliphatic hydroxyl groups excluding tert-OH is 1. The van der Waals surface area contributed by atoms with E-state index >= 15 is 0 Å². The highest BCUT2D eigenvalue weighted by Gasteiger charge is 2.64. The summed E-state index contributed by atoms with van der Waals surface area (Å²) in [5.41, 5.74) is -1.03. The molecule has 8 atom stereocenters. The Bertz CT molecular complexity index is 738. The average molecular weight is 451 g/mol. The van der Waals surface area contributed by atoms with E-state index in [4.69, 9.17) is 37.4 Å². The Kier molecular flexibility index (Phi) is 5.97. The fourth-order valence-corrected chi connectivity index (χ4v) is 5.03. The number of rotatable bonds is 4. The molecular formula is C19H24Cl2O8. The van der Waals surface area contributed by atoms with Crippen LogP contribution >= 0.6 is 23.2 Å². The van der Waals surface area contributed by atoms with Crippen LogP contribution in [0.4, 0.5) is 4.79 Å². The molecule has 29 heavy (non-hydrogen) atoms.